The maximum absolute atomic E-state index is 10.00. The molecule has 0 atom stereocenters. The zero-order valence-electron chi connectivity index (χ0n) is 9.18. The van der Waals surface area contributed by atoms with Crippen molar-refractivity contribution in [1.82, 2.24) is 0 Å². The maximum Gasteiger partial charge on any atom is 0.329 e. The fourth-order valence-corrected chi connectivity index (χ4v) is 0.657. The van der Waals surface area contributed by atoms with Gasteiger partial charge in [0.1, 0.15) is 13.2 Å². The Morgan fingerprint density at radius 3 is 1.38 bits per heavy atom. The molecule has 7 nitrogen and oxygen atoms in total. The second-order valence-corrected chi connectivity index (χ2v) is 2.51. The van der Waals surface area contributed by atoms with Crippen molar-refractivity contribution in [3.63, 3.8) is 0 Å². The third-order valence-corrected chi connectivity index (χ3v) is 1.20. The van der Waals surface area contributed by atoms with Gasteiger partial charge >= 0.3 is 11.9 Å². The Balaban J connectivity index is 0. The normalized spacial score (nSPS) is 9.50. The molecule has 0 aliphatic rings. The maximum atomic E-state index is 10.00. The molecule has 0 aromatic rings. The van der Waals surface area contributed by atoms with Gasteiger partial charge in [-0.3, -0.25) is 0 Å². The molecule has 0 fully saturated rings. The molecule has 0 aromatic carbocycles. The second kappa shape index (κ2) is 13.5. The Morgan fingerprint density at radius 1 is 0.750 bits per heavy atom. The quantitative estimate of drug-likeness (QED) is 0.377. The van der Waals surface area contributed by atoms with Crippen LogP contribution in [0.5, 0.6) is 0 Å². The third kappa shape index (κ3) is 16.9. The van der Waals surface area contributed by atoms with Gasteiger partial charge in [0, 0.05) is 51.4 Å². The fraction of sp³-hybridized carbons (Fsp3) is 0.750. The van der Waals surface area contributed by atoms with Crippen molar-refractivity contribution >= 4 is 63.3 Å². The summed E-state index contributed by atoms with van der Waals surface area (Å²) in [5.41, 5.74) is 0. The van der Waals surface area contributed by atoms with Gasteiger partial charge in [-0.15, -0.1) is 0 Å². The van der Waals surface area contributed by atoms with Gasteiger partial charge in [0.2, 0.25) is 0 Å². The van der Waals surface area contributed by atoms with Gasteiger partial charge in [0.15, 0.2) is 0 Å². The molecule has 0 spiro atoms. The first-order valence-electron chi connectivity index (χ1n) is 4.29. The van der Waals surface area contributed by atoms with Crippen LogP contribution in [0, 0.1) is 0 Å². The molecule has 16 heavy (non-hydrogen) atoms. The molecular formula is C8H14KO7. The SMILES string of the molecule is O=C(O)COCCOCCOCC(=O)O.[K]. The molecule has 0 aliphatic carbocycles. The van der Waals surface area contributed by atoms with Gasteiger partial charge in [-0.05, 0) is 0 Å². The molecule has 89 valence electrons. The topological polar surface area (TPSA) is 102 Å². The third-order valence-electron chi connectivity index (χ3n) is 1.20. The standard InChI is InChI=1S/C8H14O7.K/c9-7(10)5-14-3-1-13-2-4-15-6-8(11)12;/h1-6H2,(H,9,10)(H,11,12);. The molecular weight excluding hydrogens is 247 g/mol. The van der Waals surface area contributed by atoms with Crippen LogP contribution in [-0.2, 0) is 23.8 Å². The van der Waals surface area contributed by atoms with E-state index in [0.29, 0.717) is 0 Å². The molecule has 8 heteroatoms. The van der Waals surface area contributed by atoms with Gasteiger partial charge in [-0.1, -0.05) is 0 Å². The average Bonchev–Trinajstić information content (AvgIpc) is 2.14. The van der Waals surface area contributed by atoms with E-state index in [1.54, 1.807) is 0 Å². The first kappa shape index (κ1) is 18.8. The second-order valence-electron chi connectivity index (χ2n) is 2.51. The van der Waals surface area contributed by atoms with Crippen LogP contribution in [-0.4, -0.2) is 113 Å². The Morgan fingerprint density at radius 2 is 1.06 bits per heavy atom. The molecule has 0 unspecified atom stereocenters. The van der Waals surface area contributed by atoms with Crippen molar-refractivity contribution in [2.75, 3.05) is 39.6 Å². The number of carbonyl (C=O) groups is 2. The van der Waals surface area contributed by atoms with Gasteiger partial charge < -0.3 is 24.4 Å². The van der Waals surface area contributed by atoms with E-state index in [2.05, 4.69) is 9.47 Å². The van der Waals surface area contributed by atoms with Gasteiger partial charge in [0.05, 0.1) is 26.4 Å². The molecule has 0 saturated heterocycles. The van der Waals surface area contributed by atoms with E-state index >= 15 is 0 Å². The zero-order valence-corrected chi connectivity index (χ0v) is 12.3. The van der Waals surface area contributed by atoms with Crippen molar-refractivity contribution in [3.05, 3.63) is 0 Å². The number of aliphatic carboxylic acids is 2. The number of carboxylic acid groups (broad SMARTS) is 2. The van der Waals surface area contributed by atoms with Crippen LogP contribution in [0.3, 0.4) is 0 Å². The monoisotopic (exact) mass is 261 g/mol. The molecule has 2 N–H and O–H groups in total. The average molecular weight is 261 g/mol. The van der Waals surface area contributed by atoms with Crippen LogP contribution >= 0.6 is 0 Å². The number of hydrogen-bond donors (Lipinski definition) is 2. The minimum Gasteiger partial charge on any atom is -0.480 e. The molecule has 0 saturated carbocycles. The van der Waals surface area contributed by atoms with Crippen LogP contribution in [0.15, 0.2) is 0 Å². The first-order chi connectivity index (χ1) is 7.13. The van der Waals surface area contributed by atoms with Crippen molar-refractivity contribution in [3.8, 4) is 0 Å². The number of ether oxygens (including phenoxy) is 3. The van der Waals surface area contributed by atoms with E-state index in [9.17, 15) is 9.59 Å². The summed E-state index contributed by atoms with van der Waals surface area (Å²) in [7, 11) is 0. The Hall–Kier alpha value is 0.456. The van der Waals surface area contributed by atoms with Gasteiger partial charge in [0.25, 0.3) is 0 Å². The van der Waals surface area contributed by atoms with Crippen molar-refractivity contribution in [1.29, 1.82) is 0 Å². The van der Waals surface area contributed by atoms with E-state index in [-0.39, 0.29) is 91.0 Å². The Kier molecular flexibility index (Phi) is 15.9. The minimum absolute atomic E-state index is 0. The molecule has 0 heterocycles. The Labute approximate surface area is 135 Å². The first-order valence-corrected chi connectivity index (χ1v) is 4.29. The number of hydrogen-bond acceptors (Lipinski definition) is 5. The van der Waals surface area contributed by atoms with Crippen LogP contribution in [0.25, 0.3) is 0 Å². The zero-order chi connectivity index (χ0) is 11.5. The largest absolute Gasteiger partial charge is 0.480 e. The predicted octanol–water partition coefficient (Wildman–Crippen LogP) is -1.18. The summed E-state index contributed by atoms with van der Waals surface area (Å²) in [5.74, 6) is -2.06. The summed E-state index contributed by atoms with van der Waals surface area (Å²) in [4.78, 5) is 20.0. The van der Waals surface area contributed by atoms with Crippen LogP contribution in [0.4, 0.5) is 0 Å². The minimum atomic E-state index is -1.03. The van der Waals surface area contributed by atoms with Crippen LogP contribution < -0.4 is 0 Å². The summed E-state index contributed by atoms with van der Waals surface area (Å²) in [6, 6.07) is 0. The number of rotatable bonds is 10. The summed E-state index contributed by atoms with van der Waals surface area (Å²) in [5, 5.41) is 16.4. The summed E-state index contributed by atoms with van der Waals surface area (Å²) >= 11 is 0. The van der Waals surface area contributed by atoms with Crippen molar-refractivity contribution < 1.29 is 34.0 Å². The summed E-state index contributed by atoms with van der Waals surface area (Å²) < 4.78 is 14.3. The summed E-state index contributed by atoms with van der Waals surface area (Å²) in [6.45, 7) is 0.182. The van der Waals surface area contributed by atoms with Crippen LogP contribution in [0.1, 0.15) is 0 Å². The molecule has 0 amide bonds. The molecule has 0 rings (SSSR count). The molecule has 0 bridgehead atoms. The Bertz CT molecular complexity index is 177. The van der Waals surface area contributed by atoms with E-state index in [1.807, 2.05) is 0 Å². The van der Waals surface area contributed by atoms with Crippen molar-refractivity contribution in [2.45, 2.75) is 0 Å². The van der Waals surface area contributed by atoms with Gasteiger partial charge in [-0.2, -0.15) is 0 Å². The van der Waals surface area contributed by atoms with Gasteiger partial charge in [-0.25, -0.2) is 9.59 Å². The molecule has 1 radical (unpaired) electrons. The summed E-state index contributed by atoms with van der Waals surface area (Å²) in [6.07, 6.45) is 0. The van der Waals surface area contributed by atoms with E-state index in [1.165, 1.54) is 0 Å². The van der Waals surface area contributed by atoms with Crippen molar-refractivity contribution in [2.24, 2.45) is 0 Å². The molecule has 0 aromatic heterocycles. The van der Waals surface area contributed by atoms with Crippen LogP contribution in [0.2, 0.25) is 0 Å². The fourth-order valence-electron chi connectivity index (χ4n) is 0.657. The molecule has 0 aliphatic heterocycles. The van der Waals surface area contributed by atoms with E-state index in [0.717, 1.165) is 0 Å². The van der Waals surface area contributed by atoms with E-state index in [4.69, 9.17) is 14.9 Å². The number of carboxylic acids is 2. The van der Waals surface area contributed by atoms with E-state index < -0.39 is 11.9 Å². The smallest absolute Gasteiger partial charge is 0.329 e. The predicted molar refractivity (Wildman–Crippen MR) is 53.5 cm³/mol.